The number of benzene rings is 1. The Morgan fingerprint density at radius 2 is 1.96 bits per heavy atom. The smallest absolute Gasteiger partial charge is 0.260 e. The van der Waals surface area contributed by atoms with Gasteiger partial charge in [0.2, 0.25) is 5.82 Å². The molecule has 0 fully saturated rings. The molecular formula is C21H21N3O3. The van der Waals surface area contributed by atoms with Gasteiger partial charge in [0.05, 0.1) is 17.5 Å². The molecule has 0 saturated carbocycles. The van der Waals surface area contributed by atoms with Crippen LogP contribution in [0.3, 0.4) is 0 Å². The molecule has 0 N–H and O–H groups in total. The summed E-state index contributed by atoms with van der Waals surface area (Å²) >= 11 is 0. The molecule has 0 radical (unpaired) electrons. The van der Waals surface area contributed by atoms with E-state index in [-0.39, 0.29) is 5.78 Å². The number of carbonyl (C=O) groups is 1. The van der Waals surface area contributed by atoms with E-state index in [1.807, 2.05) is 31.2 Å². The second-order valence-corrected chi connectivity index (χ2v) is 6.86. The Labute approximate surface area is 157 Å². The number of aromatic nitrogens is 3. The highest BCUT2D eigenvalue weighted by molar-refractivity contribution is 6.01. The number of fused-ring (bicyclic) bond motifs is 1. The van der Waals surface area contributed by atoms with E-state index in [0.717, 1.165) is 29.7 Å². The fourth-order valence-corrected chi connectivity index (χ4v) is 3.44. The van der Waals surface area contributed by atoms with E-state index in [4.69, 9.17) is 9.26 Å². The zero-order valence-electron chi connectivity index (χ0n) is 15.7. The standard InChI is InChI=1S/C21H21N3O3/c1-4-21(5-2)12-17(25)16-11-14(8-9-18(16)26-21)19-23-20(27-24-19)15-7-6-10-22-13(15)3/h6-11H,4-5,12H2,1-3H3. The molecule has 138 valence electrons. The largest absolute Gasteiger partial charge is 0.486 e. The predicted octanol–water partition coefficient (Wildman–Crippen LogP) is 4.63. The first kappa shape index (κ1) is 17.4. The molecule has 27 heavy (non-hydrogen) atoms. The van der Waals surface area contributed by atoms with E-state index in [2.05, 4.69) is 29.0 Å². The zero-order chi connectivity index (χ0) is 19.0. The molecular weight excluding hydrogens is 342 g/mol. The maximum Gasteiger partial charge on any atom is 0.260 e. The van der Waals surface area contributed by atoms with Crippen molar-refractivity contribution in [1.29, 1.82) is 0 Å². The van der Waals surface area contributed by atoms with Crippen LogP contribution in [-0.4, -0.2) is 26.5 Å². The number of carbonyl (C=O) groups excluding carboxylic acids is 1. The van der Waals surface area contributed by atoms with E-state index in [0.29, 0.717) is 29.4 Å². The second-order valence-electron chi connectivity index (χ2n) is 6.86. The number of Topliss-reactive ketones (excluding diaryl/α,β-unsaturated/α-hetero) is 1. The lowest BCUT2D eigenvalue weighted by Gasteiger charge is -2.36. The number of rotatable bonds is 4. The van der Waals surface area contributed by atoms with Gasteiger partial charge in [-0.2, -0.15) is 4.98 Å². The number of ketones is 1. The summed E-state index contributed by atoms with van der Waals surface area (Å²) in [6, 6.07) is 9.19. The summed E-state index contributed by atoms with van der Waals surface area (Å²) < 4.78 is 11.6. The minimum absolute atomic E-state index is 0.0913. The fourth-order valence-electron chi connectivity index (χ4n) is 3.44. The van der Waals surface area contributed by atoms with Gasteiger partial charge in [0, 0.05) is 17.5 Å². The number of nitrogens with zero attached hydrogens (tertiary/aromatic N) is 3. The van der Waals surface area contributed by atoms with E-state index < -0.39 is 5.60 Å². The Hall–Kier alpha value is -3.02. The van der Waals surface area contributed by atoms with Crippen LogP contribution < -0.4 is 4.74 Å². The van der Waals surface area contributed by atoms with Crippen molar-refractivity contribution in [3.63, 3.8) is 0 Å². The minimum atomic E-state index is -0.400. The fraction of sp³-hybridized carbons (Fsp3) is 0.333. The molecule has 0 spiro atoms. The summed E-state index contributed by atoms with van der Waals surface area (Å²) in [5.74, 6) is 1.57. The summed E-state index contributed by atoms with van der Waals surface area (Å²) in [7, 11) is 0. The van der Waals surface area contributed by atoms with Crippen LogP contribution in [0.2, 0.25) is 0 Å². The number of ether oxygens (including phenoxy) is 1. The first-order valence-corrected chi connectivity index (χ1v) is 9.17. The van der Waals surface area contributed by atoms with Gasteiger partial charge in [-0.05, 0) is 50.1 Å². The molecule has 3 heterocycles. The van der Waals surface area contributed by atoms with Gasteiger partial charge < -0.3 is 9.26 Å². The highest BCUT2D eigenvalue weighted by Crippen LogP contribution is 2.38. The Morgan fingerprint density at radius 3 is 2.70 bits per heavy atom. The number of pyridine rings is 1. The van der Waals surface area contributed by atoms with Gasteiger partial charge in [-0.25, -0.2) is 0 Å². The van der Waals surface area contributed by atoms with Crippen molar-refractivity contribution < 1.29 is 14.1 Å². The summed E-state index contributed by atoms with van der Waals surface area (Å²) in [4.78, 5) is 21.4. The molecule has 6 heteroatoms. The molecule has 4 rings (SSSR count). The van der Waals surface area contributed by atoms with Gasteiger partial charge >= 0.3 is 0 Å². The van der Waals surface area contributed by atoms with Crippen molar-refractivity contribution in [2.24, 2.45) is 0 Å². The molecule has 0 unspecified atom stereocenters. The van der Waals surface area contributed by atoms with Crippen LogP contribution in [0.4, 0.5) is 0 Å². The van der Waals surface area contributed by atoms with Gasteiger partial charge in [-0.3, -0.25) is 9.78 Å². The van der Waals surface area contributed by atoms with Crippen LogP contribution in [0.25, 0.3) is 22.8 Å². The van der Waals surface area contributed by atoms with Gasteiger partial charge in [-0.15, -0.1) is 0 Å². The van der Waals surface area contributed by atoms with Gasteiger partial charge in [0.1, 0.15) is 11.4 Å². The molecule has 3 aromatic rings. The number of hydrogen-bond donors (Lipinski definition) is 0. The highest BCUT2D eigenvalue weighted by Gasteiger charge is 2.37. The Bertz CT molecular complexity index is 1010. The number of hydrogen-bond acceptors (Lipinski definition) is 6. The van der Waals surface area contributed by atoms with Crippen molar-refractivity contribution in [3.05, 3.63) is 47.8 Å². The normalized spacial score (nSPS) is 15.3. The maximum atomic E-state index is 12.7. The molecule has 0 saturated heterocycles. The van der Waals surface area contributed by atoms with Crippen molar-refractivity contribution >= 4 is 5.78 Å². The quantitative estimate of drug-likeness (QED) is 0.672. The second kappa shape index (κ2) is 6.61. The molecule has 2 aromatic heterocycles. The topological polar surface area (TPSA) is 78.1 Å². The van der Waals surface area contributed by atoms with Gasteiger partial charge in [-0.1, -0.05) is 19.0 Å². The number of aryl methyl sites for hydroxylation is 1. The minimum Gasteiger partial charge on any atom is -0.486 e. The molecule has 0 bridgehead atoms. The predicted molar refractivity (Wildman–Crippen MR) is 101 cm³/mol. The zero-order valence-corrected chi connectivity index (χ0v) is 15.7. The van der Waals surface area contributed by atoms with Gasteiger partial charge in [0.15, 0.2) is 5.78 Å². The molecule has 0 atom stereocenters. The van der Waals surface area contributed by atoms with Crippen molar-refractivity contribution in [2.75, 3.05) is 0 Å². The molecule has 0 amide bonds. The van der Waals surface area contributed by atoms with Gasteiger partial charge in [0.25, 0.3) is 5.89 Å². The summed E-state index contributed by atoms with van der Waals surface area (Å²) in [6.07, 6.45) is 3.71. The van der Waals surface area contributed by atoms with Crippen molar-refractivity contribution in [1.82, 2.24) is 15.1 Å². The third-order valence-electron chi connectivity index (χ3n) is 5.30. The third-order valence-corrected chi connectivity index (χ3v) is 5.30. The molecule has 0 aliphatic carbocycles. The lowest BCUT2D eigenvalue weighted by molar-refractivity contribution is 0.0350. The summed E-state index contributed by atoms with van der Waals surface area (Å²) in [5, 5.41) is 4.07. The van der Waals surface area contributed by atoms with Crippen molar-refractivity contribution in [3.8, 4) is 28.6 Å². The van der Waals surface area contributed by atoms with E-state index >= 15 is 0 Å². The van der Waals surface area contributed by atoms with Crippen molar-refractivity contribution in [2.45, 2.75) is 45.6 Å². The van der Waals surface area contributed by atoms with E-state index in [1.54, 1.807) is 12.3 Å². The van der Waals surface area contributed by atoms with Crippen LogP contribution in [0.15, 0.2) is 41.1 Å². The summed E-state index contributed by atoms with van der Waals surface area (Å²) in [5.41, 5.74) is 2.51. The average Bonchev–Trinajstić information content (AvgIpc) is 3.18. The maximum absolute atomic E-state index is 12.7. The van der Waals surface area contributed by atoms with Crippen LogP contribution in [-0.2, 0) is 0 Å². The highest BCUT2D eigenvalue weighted by atomic mass is 16.5. The lowest BCUT2D eigenvalue weighted by Crippen LogP contribution is -2.40. The van der Waals surface area contributed by atoms with Crippen LogP contribution in [0.1, 0.15) is 49.2 Å². The third kappa shape index (κ3) is 3.01. The average molecular weight is 363 g/mol. The lowest BCUT2D eigenvalue weighted by atomic mass is 9.85. The van der Waals surface area contributed by atoms with E-state index in [9.17, 15) is 4.79 Å². The van der Waals surface area contributed by atoms with Crippen LogP contribution in [0.5, 0.6) is 5.75 Å². The van der Waals surface area contributed by atoms with Crippen LogP contribution >= 0.6 is 0 Å². The molecule has 6 nitrogen and oxygen atoms in total. The molecule has 1 aromatic carbocycles. The first-order valence-electron chi connectivity index (χ1n) is 9.17. The molecule has 1 aliphatic rings. The Balaban J connectivity index is 1.69. The van der Waals surface area contributed by atoms with E-state index in [1.165, 1.54) is 0 Å². The first-order chi connectivity index (χ1) is 13.0. The van der Waals surface area contributed by atoms with Crippen LogP contribution in [0, 0.1) is 6.92 Å². The summed E-state index contributed by atoms with van der Waals surface area (Å²) in [6.45, 7) is 6.00. The molecule has 1 aliphatic heterocycles. The monoisotopic (exact) mass is 363 g/mol. The SMILES string of the molecule is CCC1(CC)CC(=O)c2cc(-c3noc(-c4cccnc4C)n3)ccc2O1. The Kier molecular flexibility index (Phi) is 4.26. The Morgan fingerprint density at radius 1 is 1.15 bits per heavy atom.